The Labute approximate surface area is 237 Å². The fourth-order valence-corrected chi connectivity index (χ4v) is 5.13. The molecule has 212 valence electrons. The van der Waals surface area contributed by atoms with Gasteiger partial charge in [-0.1, -0.05) is 24.3 Å². The van der Waals surface area contributed by atoms with Crippen LogP contribution in [0.25, 0.3) is 11.2 Å². The topological polar surface area (TPSA) is 169 Å². The summed E-state index contributed by atoms with van der Waals surface area (Å²) >= 11 is 0. The number of rotatable bonds is 6. The SMILES string of the molecule is CC(=O)OC[C@H]1O[C@@H](n2cnc3c(NC(=O)c4ccc5c(c4)C(=O)c4ccccc4C5=O)ncnc32)C[C@@H]1OC(C)=O. The molecule has 2 aliphatic rings. The van der Waals surface area contributed by atoms with Gasteiger partial charge in [-0.15, -0.1) is 0 Å². The predicted molar refractivity (Wildman–Crippen MR) is 144 cm³/mol. The summed E-state index contributed by atoms with van der Waals surface area (Å²) < 4.78 is 18.1. The summed E-state index contributed by atoms with van der Waals surface area (Å²) in [4.78, 5) is 75.0. The molecule has 1 N–H and O–H groups in total. The smallest absolute Gasteiger partial charge is 0.303 e. The lowest BCUT2D eigenvalue weighted by atomic mass is 9.83. The van der Waals surface area contributed by atoms with Gasteiger partial charge in [0, 0.05) is 48.1 Å². The first-order valence-corrected chi connectivity index (χ1v) is 13.0. The highest BCUT2D eigenvalue weighted by atomic mass is 16.6. The van der Waals surface area contributed by atoms with Gasteiger partial charge in [0.05, 0.1) is 6.33 Å². The molecule has 0 saturated carbocycles. The van der Waals surface area contributed by atoms with Crippen LogP contribution in [0.4, 0.5) is 5.82 Å². The van der Waals surface area contributed by atoms with Gasteiger partial charge in [-0.3, -0.25) is 28.5 Å². The van der Waals surface area contributed by atoms with E-state index in [1.54, 1.807) is 28.8 Å². The number of esters is 2. The second kappa shape index (κ2) is 10.6. The minimum absolute atomic E-state index is 0.104. The van der Waals surface area contributed by atoms with Crippen LogP contribution < -0.4 is 5.32 Å². The van der Waals surface area contributed by atoms with Crippen molar-refractivity contribution in [2.45, 2.75) is 38.7 Å². The average Bonchev–Trinajstić information content (AvgIpc) is 3.58. The van der Waals surface area contributed by atoms with E-state index in [0.29, 0.717) is 11.2 Å². The van der Waals surface area contributed by atoms with Crippen LogP contribution >= 0.6 is 0 Å². The quantitative estimate of drug-likeness (QED) is 0.298. The maximum absolute atomic E-state index is 13.2. The van der Waals surface area contributed by atoms with Gasteiger partial charge in [-0.2, -0.15) is 0 Å². The first-order valence-electron chi connectivity index (χ1n) is 13.0. The van der Waals surface area contributed by atoms with Crippen LogP contribution in [0.1, 0.15) is 68.7 Å². The molecule has 0 bridgehead atoms. The molecule has 6 rings (SSSR count). The summed E-state index contributed by atoms with van der Waals surface area (Å²) in [6.45, 7) is 2.44. The first-order chi connectivity index (χ1) is 20.2. The highest BCUT2D eigenvalue weighted by molar-refractivity contribution is 6.29. The fraction of sp³-hybridized carbons (Fsp3) is 0.241. The van der Waals surface area contributed by atoms with Crippen molar-refractivity contribution in [3.8, 4) is 0 Å². The van der Waals surface area contributed by atoms with Crippen LogP contribution in [-0.4, -0.2) is 67.7 Å². The number of ketones is 2. The number of hydrogen-bond donors (Lipinski definition) is 1. The second-order valence-electron chi connectivity index (χ2n) is 9.78. The number of ether oxygens (including phenoxy) is 3. The fourth-order valence-electron chi connectivity index (χ4n) is 5.13. The minimum atomic E-state index is -0.702. The summed E-state index contributed by atoms with van der Waals surface area (Å²) in [6.07, 6.45) is 0.914. The van der Waals surface area contributed by atoms with E-state index in [4.69, 9.17) is 14.2 Å². The molecule has 1 aliphatic carbocycles. The Kier molecular flexibility index (Phi) is 6.78. The van der Waals surface area contributed by atoms with Gasteiger partial charge in [-0.25, -0.2) is 15.0 Å². The standard InChI is InChI=1S/C29H23N5O8/c1-14(35)40-11-22-21(41-15(2)36)10-23(42-22)34-13-32-24-27(30-12-31-28(24)34)33-29(39)16-7-8-19-20(9-16)26(38)18-6-4-3-5-17(18)25(19)37/h3-9,12-13,21-23H,10-11H2,1-2H3,(H,30,31,33,39)/t21-,22+,23+/m0/s1. The molecule has 13 heteroatoms. The van der Waals surface area contributed by atoms with Gasteiger partial charge in [0.25, 0.3) is 5.91 Å². The van der Waals surface area contributed by atoms with E-state index in [0.717, 1.165) is 0 Å². The average molecular weight is 570 g/mol. The molecule has 0 spiro atoms. The number of carbonyl (C=O) groups excluding carboxylic acids is 5. The largest absolute Gasteiger partial charge is 0.463 e. The Balaban J connectivity index is 1.24. The molecule has 2 aromatic carbocycles. The summed E-state index contributed by atoms with van der Waals surface area (Å²) in [5.74, 6) is -2.08. The number of aromatic nitrogens is 4. The molecule has 3 heterocycles. The third-order valence-corrected chi connectivity index (χ3v) is 7.04. The van der Waals surface area contributed by atoms with Crippen LogP contribution in [0.15, 0.2) is 55.1 Å². The van der Waals surface area contributed by atoms with Crippen LogP contribution in [0.3, 0.4) is 0 Å². The molecule has 1 fully saturated rings. The first kappa shape index (κ1) is 26.9. The Morgan fingerprint density at radius 1 is 0.952 bits per heavy atom. The van der Waals surface area contributed by atoms with Crippen molar-refractivity contribution in [2.75, 3.05) is 11.9 Å². The van der Waals surface area contributed by atoms with E-state index in [1.807, 2.05) is 0 Å². The van der Waals surface area contributed by atoms with Crippen molar-refractivity contribution in [3.63, 3.8) is 0 Å². The van der Waals surface area contributed by atoms with E-state index in [2.05, 4.69) is 20.3 Å². The van der Waals surface area contributed by atoms with E-state index in [-0.39, 0.29) is 58.2 Å². The van der Waals surface area contributed by atoms with Crippen molar-refractivity contribution in [1.29, 1.82) is 0 Å². The van der Waals surface area contributed by atoms with Gasteiger partial charge in [-0.05, 0) is 18.2 Å². The Morgan fingerprint density at radius 2 is 1.67 bits per heavy atom. The molecule has 0 radical (unpaired) electrons. The Bertz CT molecular complexity index is 1800. The summed E-state index contributed by atoms with van der Waals surface area (Å²) in [6, 6.07) is 10.9. The molecular weight excluding hydrogens is 546 g/mol. The Morgan fingerprint density at radius 3 is 2.38 bits per heavy atom. The summed E-state index contributed by atoms with van der Waals surface area (Å²) in [5.41, 5.74) is 1.74. The zero-order chi connectivity index (χ0) is 29.5. The normalized spacial score (nSPS) is 19.2. The number of carbonyl (C=O) groups is 5. The lowest BCUT2D eigenvalue weighted by Crippen LogP contribution is -2.31. The number of nitrogens with zero attached hydrogens (tertiary/aromatic N) is 4. The molecule has 2 aromatic heterocycles. The van der Waals surface area contributed by atoms with Crippen molar-refractivity contribution in [3.05, 3.63) is 82.9 Å². The second-order valence-corrected chi connectivity index (χ2v) is 9.78. The number of anilines is 1. The highest BCUT2D eigenvalue weighted by Crippen LogP contribution is 2.34. The molecule has 42 heavy (non-hydrogen) atoms. The number of amides is 1. The third-order valence-electron chi connectivity index (χ3n) is 7.04. The molecule has 0 unspecified atom stereocenters. The minimum Gasteiger partial charge on any atom is -0.463 e. The monoisotopic (exact) mass is 569 g/mol. The van der Waals surface area contributed by atoms with E-state index in [1.165, 1.54) is 44.7 Å². The van der Waals surface area contributed by atoms with Gasteiger partial charge in [0.1, 0.15) is 31.4 Å². The van der Waals surface area contributed by atoms with Gasteiger partial charge in [0.2, 0.25) is 0 Å². The third kappa shape index (κ3) is 4.79. The maximum Gasteiger partial charge on any atom is 0.303 e. The van der Waals surface area contributed by atoms with Crippen LogP contribution in [-0.2, 0) is 23.8 Å². The van der Waals surface area contributed by atoms with Crippen molar-refractivity contribution in [2.24, 2.45) is 0 Å². The van der Waals surface area contributed by atoms with Crippen molar-refractivity contribution in [1.82, 2.24) is 19.5 Å². The van der Waals surface area contributed by atoms with Crippen LogP contribution in [0, 0.1) is 0 Å². The highest BCUT2D eigenvalue weighted by Gasteiger charge is 2.40. The molecule has 1 amide bonds. The number of nitrogens with one attached hydrogen (secondary N) is 1. The number of fused-ring (bicyclic) bond motifs is 3. The van der Waals surface area contributed by atoms with Crippen LogP contribution in [0.5, 0.6) is 0 Å². The van der Waals surface area contributed by atoms with Crippen LogP contribution in [0.2, 0.25) is 0 Å². The van der Waals surface area contributed by atoms with Crippen molar-refractivity contribution < 1.29 is 38.2 Å². The van der Waals surface area contributed by atoms with Gasteiger partial charge in [0.15, 0.2) is 28.5 Å². The molecule has 1 aliphatic heterocycles. The lowest BCUT2D eigenvalue weighted by molar-refractivity contribution is -0.155. The van der Waals surface area contributed by atoms with E-state index in [9.17, 15) is 24.0 Å². The molecule has 4 aromatic rings. The van der Waals surface area contributed by atoms with Gasteiger partial charge < -0.3 is 19.5 Å². The zero-order valence-corrected chi connectivity index (χ0v) is 22.4. The molecular formula is C29H23N5O8. The molecule has 1 saturated heterocycles. The summed E-state index contributed by atoms with van der Waals surface area (Å²) in [5, 5.41) is 2.70. The zero-order valence-electron chi connectivity index (χ0n) is 22.4. The number of benzene rings is 2. The molecule has 3 atom stereocenters. The van der Waals surface area contributed by atoms with Crippen molar-refractivity contribution >= 4 is 46.4 Å². The predicted octanol–water partition coefficient (Wildman–Crippen LogP) is 2.64. The Hall–Kier alpha value is -5.30. The number of imidazole rings is 1. The van der Waals surface area contributed by atoms with E-state index < -0.39 is 36.3 Å². The lowest BCUT2D eigenvalue weighted by Gasteiger charge is -2.18. The molecule has 13 nitrogen and oxygen atoms in total. The maximum atomic E-state index is 13.2. The van der Waals surface area contributed by atoms with Gasteiger partial charge >= 0.3 is 11.9 Å². The van der Waals surface area contributed by atoms with E-state index >= 15 is 0 Å². The summed E-state index contributed by atoms with van der Waals surface area (Å²) in [7, 11) is 0. The number of hydrogen-bond acceptors (Lipinski definition) is 11.